The fourth-order valence-electron chi connectivity index (χ4n) is 2.37. The molecule has 0 saturated carbocycles. The van der Waals surface area contributed by atoms with Crippen LogP contribution in [0.25, 0.3) is 0 Å². The molecule has 3 heteroatoms. The third-order valence-electron chi connectivity index (χ3n) is 3.68. The van der Waals surface area contributed by atoms with Gasteiger partial charge in [0, 0.05) is 6.42 Å². The topological polar surface area (TPSA) is 43.1 Å². The van der Waals surface area contributed by atoms with Gasteiger partial charge in [-0.25, -0.2) is 0 Å². The molecular weight excluding hydrogens is 379 g/mol. The molecule has 0 fully saturated rings. The fourth-order valence-corrected chi connectivity index (χ4v) is 2.37. The van der Waals surface area contributed by atoms with Gasteiger partial charge in [0.25, 0.3) is 0 Å². The standard InChI is InChI=1S/C18H35NO.Cs.H/c1-2-3-4-5-6-7-8-9-10-11-12-13-14-15-16-17-18(19)20;;/h9-10H,2-8,11-17H2,1H3,(H2,19,20);;/q;+1;-1/b10-9-;;. The third kappa shape index (κ3) is 23.7. The van der Waals surface area contributed by atoms with Gasteiger partial charge >= 0.3 is 68.9 Å². The largest absolute Gasteiger partial charge is 1.00 e. The zero-order valence-corrected chi connectivity index (χ0v) is 20.8. The summed E-state index contributed by atoms with van der Waals surface area (Å²) in [5, 5.41) is 0. The van der Waals surface area contributed by atoms with Crippen LogP contribution in [0.15, 0.2) is 12.2 Å². The number of primary amides is 1. The molecule has 0 aliphatic rings. The molecular formula is C18H36CsNO. The molecule has 0 heterocycles. The van der Waals surface area contributed by atoms with E-state index in [1.54, 1.807) is 0 Å². The number of hydrogen-bond acceptors (Lipinski definition) is 1. The molecule has 0 atom stereocenters. The summed E-state index contributed by atoms with van der Waals surface area (Å²) in [4.78, 5) is 10.5. The molecule has 1 amide bonds. The van der Waals surface area contributed by atoms with Crippen molar-refractivity contribution in [2.45, 2.75) is 96.8 Å². The number of carbonyl (C=O) groups is 1. The number of allylic oxidation sites excluding steroid dienone is 2. The molecule has 21 heavy (non-hydrogen) atoms. The maximum atomic E-state index is 10.5. The van der Waals surface area contributed by atoms with Crippen LogP contribution in [0.3, 0.4) is 0 Å². The van der Waals surface area contributed by atoms with E-state index in [0.29, 0.717) is 6.42 Å². The quantitative estimate of drug-likeness (QED) is 0.324. The molecule has 0 radical (unpaired) electrons. The zero-order valence-electron chi connectivity index (χ0n) is 15.5. The summed E-state index contributed by atoms with van der Waals surface area (Å²) in [7, 11) is 0. The van der Waals surface area contributed by atoms with Crippen LogP contribution < -0.4 is 74.6 Å². The van der Waals surface area contributed by atoms with Crippen molar-refractivity contribution < 1.29 is 75.1 Å². The van der Waals surface area contributed by atoms with Crippen LogP contribution >= 0.6 is 0 Å². The van der Waals surface area contributed by atoms with E-state index in [9.17, 15) is 4.79 Å². The van der Waals surface area contributed by atoms with Crippen molar-refractivity contribution in [2.24, 2.45) is 5.73 Å². The average Bonchev–Trinajstić information content (AvgIpc) is 2.43. The van der Waals surface area contributed by atoms with E-state index < -0.39 is 0 Å². The number of carbonyl (C=O) groups excluding carboxylic acids is 1. The van der Waals surface area contributed by atoms with Crippen LogP contribution in [0, 0.1) is 0 Å². The van der Waals surface area contributed by atoms with E-state index in [0.717, 1.165) is 12.8 Å². The summed E-state index contributed by atoms with van der Waals surface area (Å²) in [6.07, 6.45) is 21.9. The van der Waals surface area contributed by atoms with Crippen LogP contribution in [0.5, 0.6) is 0 Å². The number of rotatable bonds is 15. The third-order valence-corrected chi connectivity index (χ3v) is 3.68. The van der Waals surface area contributed by atoms with Gasteiger partial charge in [-0.3, -0.25) is 4.79 Å². The summed E-state index contributed by atoms with van der Waals surface area (Å²) in [6, 6.07) is 0. The van der Waals surface area contributed by atoms with Gasteiger partial charge in [-0.05, 0) is 32.1 Å². The molecule has 0 saturated heterocycles. The normalized spacial score (nSPS) is 10.7. The first-order chi connectivity index (χ1) is 9.77. The summed E-state index contributed by atoms with van der Waals surface area (Å²) in [5.41, 5.74) is 5.10. The second kappa shape index (κ2) is 21.3. The second-order valence-corrected chi connectivity index (χ2v) is 5.80. The van der Waals surface area contributed by atoms with E-state index in [2.05, 4.69) is 19.1 Å². The first-order valence-corrected chi connectivity index (χ1v) is 8.70. The van der Waals surface area contributed by atoms with Gasteiger partial charge < -0.3 is 7.16 Å². The molecule has 0 aliphatic heterocycles. The average molecular weight is 415 g/mol. The molecule has 0 unspecified atom stereocenters. The second-order valence-electron chi connectivity index (χ2n) is 5.80. The molecule has 2 N–H and O–H groups in total. The molecule has 2 nitrogen and oxygen atoms in total. The summed E-state index contributed by atoms with van der Waals surface area (Å²) in [6.45, 7) is 2.26. The molecule has 120 valence electrons. The maximum Gasteiger partial charge on any atom is 1.00 e. The van der Waals surface area contributed by atoms with E-state index in [4.69, 9.17) is 5.73 Å². The van der Waals surface area contributed by atoms with Gasteiger partial charge in [-0.2, -0.15) is 0 Å². The van der Waals surface area contributed by atoms with Gasteiger partial charge in [0.1, 0.15) is 0 Å². The van der Waals surface area contributed by atoms with Gasteiger partial charge in [0.2, 0.25) is 5.91 Å². The Morgan fingerprint density at radius 1 is 0.810 bits per heavy atom. The minimum absolute atomic E-state index is 0. The Kier molecular flexibility index (Phi) is 24.8. The van der Waals surface area contributed by atoms with Crippen molar-refractivity contribution in [1.82, 2.24) is 0 Å². The van der Waals surface area contributed by atoms with Gasteiger partial charge in [-0.1, -0.05) is 70.4 Å². The molecule has 0 bridgehead atoms. The zero-order chi connectivity index (χ0) is 14.9. The van der Waals surface area contributed by atoms with Crippen LogP contribution in [0.2, 0.25) is 0 Å². The van der Waals surface area contributed by atoms with E-state index >= 15 is 0 Å². The Morgan fingerprint density at radius 2 is 1.24 bits per heavy atom. The van der Waals surface area contributed by atoms with Gasteiger partial charge in [0.05, 0.1) is 0 Å². The Morgan fingerprint density at radius 3 is 1.71 bits per heavy atom. The van der Waals surface area contributed by atoms with Crippen molar-refractivity contribution in [1.29, 1.82) is 0 Å². The SMILES string of the molecule is CCCCCCCC/C=C\CCCCCCCC(N)=O.[Cs+].[H-]. The maximum absolute atomic E-state index is 10.5. The van der Waals surface area contributed by atoms with Crippen molar-refractivity contribution in [3.63, 3.8) is 0 Å². The molecule has 0 aliphatic carbocycles. The summed E-state index contributed by atoms with van der Waals surface area (Å²) in [5.74, 6) is -0.164. The Bertz CT molecular complexity index is 247. The number of hydrogen-bond donors (Lipinski definition) is 1. The summed E-state index contributed by atoms with van der Waals surface area (Å²) < 4.78 is 0. The number of nitrogens with two attached hydrogens (primary N) is 1. The molecule has 0 rings (SSSR count). The predicted molar refractivity (Wildman–Crippen MR) is 89.8 cm³/mol. The van der Waals surface area contributed by atoms with Crippen molar-refractivity contribution in [3.05, 3.63) is 12.2 Å². The van der Waals surface area contributed by atoms with E-state index in [-0.39, 0.29) is 76.2 Å². The van der Waals surface area contributed by atoms with Crippen molar-refractivity contribution in [3.8, 4) is 0 Å². The minimum Gasteiger partial charge on any atom is -1.00 e. The Labute approximate surface area is 193 Å². The minimum atomic E-state index is -0.164. The molecule has 0 aromatic rings. The Balaban J connectivity index is -0.00000180. The van der Waals surface area contributed by atoms with Crippen LogP contribution in [-0.4, -0.2) is 5.91 Å². The number of amides is 1. The van der Waals surface area contributed by atoms with Crippen LogP contribution in [0.4, 0.5) is 0 Å². The Hall–Kier alpha value is 1.26. The number of unbranched alkanes of at least 4 members (excludes halogenated alkanes) is 11. The predicted octanol–water partition coefficient (Wildman–Crippen LogP) is 2.63. The summed E-state index contributed by atoms with van der Waals surface area (Å²) >= 11 is 0. The smallest absolute Gasteiger partial charge is 1.00 e. The molecule has 0 aromatic carbocycles. The first-order valence-electron chi connectivity index (χ1n) is 8.70. The van der Waals surface area contributed by atoms with Gasteiger partial charge in [-0.15, -0.1) is 0 Å². The van der Waals surface area contributed by atoms with Crippen LogP contribution in [0.1, 0.15) is 98.2 Å². The van der Waals surface area contributed by atoms with E-state index in [1.807, 2.05) is 0 Å². The fraction of sp³-hybridized carbons (Fsp3) is 0.833. The monoisotopic (exact) mass is 415 g/mol. The van der Waals surface area contributed by atoms with Crippen molar-refractivity contribution in [2.75, 3.05) is 0 Å². The molecule has 0 aromatic heterocycles. The van der Waals surface area contributed by atoms with E-state index in [1.165, 1.54) is 70.6 Å². The van der Waals surface area contributed by atoms with Gasteiger partial charge in [0.15, 0.2) is 0 Å². The first kappa shape index (κ1) is 24.5. The van der Waals surface area contributed by atoms with Crippen LogP contribution in [-0.2, 0) is 4.79 Å². The van der Waals surface area contributed by atoms with Crippen molar-refractivity contribution >= 4 is 5.91 Å². The molecule has 0 spiro atoms.